The largest absolute Gasteiger partial charge is 0.353 e. The van der Waals surface area contributed by atoms with Gasteiger partial charge in [-0.25, -0.2) is 13.8 Å². The molecule has 0 bridgehead atoms. The van der Waals surface area contributed by atoms with Gasteiger partial charge in [-0.1, -0.05) is 6.07 Å². The summed E-state index contributed by atoms with van der Waals surface area (Å²) in [7, 11) is 0. The van der Waals surface area contributed by atoms with Gasteiger partial charge < -0.3 is 14.8 Å². The number of fused-ring (bicyclic) bond motifs is 1. The Labute approximate surface area is 235 Å². The highest BCUT2D eigenvalue weighted by atomic mass is 19.1. The molecule has 5 aromatic rings. The number of rotatable bonds is 8. The van der Waals surface area contributed by atoms with Crippen molar-refractivity contribution in [2.45, 2.75) is 39.0 Å². The number of carbonyl (C=O) groups excluding carboxylic acids is 1. The van der Waals surface area contributed by atoms with Gasteiger partial charge in [-0.2, -0.15) is 5.10 Å². The first-order chi connectivity index (χ1) is 19.9. The summed E-state index contributed by atoms with van der Waals surface area (Å²) in [5.41, 5.74) is 5.37. The van der Waals surface area contributed by atoms with Gasteiger partial charge in [0.2, 0.25) is 5.91 Å². The maximum Gasteiger partial charge on any atom is 0.221 e. The van der Waals surface area contributed by atoms with Crippen LogP contribution in [0.2, 0.25) is 0 Å². The Morgan fingerprint density at radius 1 is 1.07 bits per heavy atom. The molecule has 0 radical (unpaired) electrons. The fourth-order valence-electron chi connectivity index (χ4n) is 5.06. The van der Waals surface area contributed by atoms with Crippen LogP contribution in [0.1, 0.15) is 26.2 Å². The van der Waals surface area contributed by atoms with Crippen molar-refractivity contribution in [2.75, 3.05) is 18.5 Å². The van der Waals surface area contributed by atoms with Gasteiger partial charge in [0, 0.05) is 48.3 Å². The lowest BCUT2D eigenvalue weighted by molar-refractivity contribution is -0.163. The fourth-order valence-corrected chi connectivity index (χ4v) is 5.06. The molecule has 1 fully saturated rings. The quantitative estimate of drug-likeness (QED) is 0.241. The van der Waals surface area contributed by atoms with Crippen LogP contribution in [0.3, 0.4) is 0 Å². The molecule has 0 aliphatic carbocycles. The maximum atomic E-state index is 14.7. The van der Waals surface area contributed by atoms with Crippen molar-refractivity contribution in [3.63, 3.8) is 0 Å². The van der Waals surface area contributed by atoms with Crippen molar-refractivity contribution in [1.82, 2.24) is 19.3 Å². The standard InChI is InChI=1S/C31H29F2N5O3/c1-20(39)36-25-12-22(27-7-6-24(32)15-28(27)33)13-26(16-25)38-19-34-29-14-21(5-8-30(29)38)23-17-35-37(18-23)9-11-41-31-4-2-3-10-40-31/h5-8,12-19,31H,2-4,9-11H2,1H3,(H,36,39). The van der Waals surface area contributed by atoms with E-state index < -0.39 is 11.6 Å². The zero-order chi connectivity index (χ0) is 28.3. The number of hydrogen-bond acceptors (Lipinski definition) is 5. The molecule has 0 spiro atoms. The number of anilines is 1. The van der Waals surface area contributed by atoms with Crippen molar-refractivity contribution in [1.29, 1.82) is 0 Å². The van der Waals surface area contributed by atoms with Crippen molar-refractivity contribution < 1.29 is 23.0 Å². The Morgan fingerprint density at radius 3 is 2.78 bits per heavy atom. The molecule has 8 nitrogen and oxygen atoms in total. The highest BCUT2D eigenvalue weighted by Gasteiger charge is 2.15. The highest BCUT2D eigenvalue weighted by Crippen LogP contribution is 2.31. The highest BCUT2D eigenvalue weighted by molar-refractivity contribution is 5.91. The fraction of sp³-hybridized carbons (Fsp3) is 0.258. The predicted molar refractivity (Wildman–Crippen MR) is 151 cm³/mol. The summed E-state index contributed by atoms with van der Waals surface area (Å²) in [5, 5.41) is 7.24. The first-order valence-electron chi connectivity index (χ1n) is 13.5. The van der Waals surface area contributed by atoms with E-state index in [0.717, 1.165) is 54.1 Å². The number of imidazole rings is 1. The lowest BCUT2D eigenvalue weighted by Gasteiger charge is -2.22. The van der Waals surface area contributed by atoms with Gasteiger partial charge in [-0.05, 0) is 72.9 Å². The van der Waals surface area contributed by atoms with Gasteiger partial charge >= 0.3 is 0 Å². The first-order valence-corrected chi connectivity index (χ1v) is 13.5. The molecular formula is C31H29F2N5O3. The van der Waals surface area contributed by atoms with Crippen LogP contribution >= 0.6 is 0 Å². The summed E-state index contributed by atoms with van der Waals surface area (Å²) in [6.07, 6.45) is 8.49. The zero-order valence-electron chi connectivity index (χ0n) is 22.5. The SMILES string of the molecule is CC(=O)Nc1cc(-c2ccc(F)cc2F)cc(-n2cnc3cc(-c4cnn(CCOC5CCCCO5)c4)ccc32)c1. The minimum Gasteiger partial charge on any atom is -0.353 e. The number of amides is 1. The number of nitrogens with zero attached hydrogens (tertiary/aromatic N) is 4. The van der Waals surface area contributed by atoms with Crippen molar-refractivity contribution in [3.8, 4) is 27.9 Å². The van der Waals surface area contributed by atoms with Crippen molar-refractivity contribution in [3.05, 3.63) is 85.0 Å². The smallest absolute Gasteiger partial charge is 0.221 e. The molecule has 1 aliphatic heterocycles. The van der Waals surface area contributed by atoms with Crippen LogP contribution in [-0.4, -0.2) is 44.7 Å². The lowest BCUT2D eigenvalue weighted by Crippen LogP contribution is -2.24. The number of benzene rings is 3. The summed E-state index contributed by atoms with van der Waals surface area (Å²) in [4.78, 5) is 16.4. The summed E-state index contributed by atoms with van der Waals surface area (Å²) in [6.45, 7) is 3.30. The summed E-state index contributed by atoms with van der Waals surface area (Å²) in [6, 6.07) is 14.6. The van der Waals surface area contributed by atoms with Crippen LogP contribution in [0.4, 0.5) is 14.5 Å². The second-order valence-electron chi connectivity index (χ2n) is 10.1. The van der Waals surface area contributed by atoms with E-state index >= 15 is 0 Å². The molecule has 1 saturated heterocycles. The van der Waals surface area contributed by atoms with Crippen molar-refractivity contribution >= 4 is 22.6 Å². The van der Waals surface area contributed by atoms with E-state index in [-0.39, 0.29) is 17.8 Å². The number of hydrogen-bond donors (Lipinski definition) is 1. The van der Waals surface area contributed by atoms with E-state index in [1.165, 1.54) is 19.1 Å². The molecule has 210 valence electrons. The molecule has 1 amide bonds. The number of halogens is 2. The number of nitrogens with one attached hydrogen (secondary N) is 1. The number of ether oxygens (including phenoxy) is 2. The summed E-state index contributed by atoms with van der Waals surface area (Å²) >= 11 is 0. The molecule has 41 heavy (non-hydrogen) atoms. The molecule has 3 heterocycles. The molecule has 2 aromatic heterocycles. The third-order valence-corrected chi connectivity index (χ3v) is 7.03. The second kappa shape index (κ2) is 11.6. The maximum absolute atomic E-state index is 14.7. The first kappa shape index (κ1) is 26.8. The van der Waals surface area contributed by atoms with Gasteiger partial charge in [0.25, 0.3) is 0 Å². The van der Waals surface area contributed by atoms with Crippen LogP contribution in [0.15, 0.2) is 73.3 Å². The van der Waals surface area contributed by atoms with E-state index in [9.17, 15) is 13.6 Å². The lowest BCUT2D eigenvalue weighted by atomic mass is 10.0. The molecule has 1 aliphatic rings. The van der Waals surface area contributed by atoms with E-state index in [2.05, 4.69) is 15.4 Å². The topological polar surface area (TPSA) is 83.2 Å². The molecule has 1 atom stereocenters. The monoisotopic (exact) mass is 557 g/mol. The van der Waals surface area contributed by atoms with Crippen LogP contribution in [-0.2, 0) is 20.8 Å². The van der Waals surface area contributed by atoms with E-state index in [1.54, 1.807) is 24.5 Å². The zero-order valence-corrected chi connectivity index (χ0v) is 22.5. The Kier molecular flexibility index (Phi) is 7.58. The average Bonchev–Trinajstić information content (AvgIpc) is 3.60. The normalized spacial score (nSPS) is 15.3. The van der Waals surface area contributed by atoms with Crippen LogP contribution < -0.4 is 5.32 Å². The minimum absolute atomic E-state index is 0.124. The minimum atomic E-state index is -0.689. The Balaban J connectivity index is 1.26. The predicted octanol–water partition coefficient (Wildman–Crippen LogP) is 6.34. The van der Waals surface area contributed by atoms with Gasteiger partial charge in [0.1, 0.15) is 18.0 Å². The molecule has 10 heteroatoms. The number of aromatic nitrogens is 4. The third-order valence-electron chi connectivity index (χ3n) is 7.03. The Morgan fingerprint density at radius 2 is 1.98 bits per heavy atom. The van der Waals surface area contributed by atoms with Crippen LogP contribution in [0.5, 0.6) is 0 Å². The Hall–Kier alpha value is -4.41. The molecule has 3 aromatic carbocycles. The molecule has 1 unspecified atom stereocenters. The van der Waals surface area contributed by atoms with E-state index in [0.29, 0.717) is 30.1 Å². The van der Waals surface area contributed by atoms with Gasteiger partial charge in [-0.15, -0.1) is 0 Å². The van der Waals surface area contributed by atoms with E-state index in [1.807, 2.05) is 39.8 Å². The van der Waals surface area contributed by atoms with Gasteiger partial charge in [0.15, 0.2) is 6.29 Å². The third kappa shape index (κ3) is 6.03. The number of carbonyl (C=O) groups is 1. The van der Waals surface area contributed by atoms with Crippen molar-refractivity contribution in [2.24, 2.45) is 0 Å². The molecule has 0 saturated carbocycles. The molecular weight excluding hydrogens is 528 g/mol. The summed E-state index contributed by atoms with van der Waals surface area (Å²) in [5.74, 6) is -1.61. The van der Waals surface area contributed by atoms with Gasteiger partial charge in [0.05, 0.1) is 30.4 Å². The van der Waals surface area contributed by atoms with Gasteiger partial charge in [-0.3, -0.25) is 14.0 Å². The second-order valence-corrected chi connectivity index (χ2v) is 10.1. The molecule has 1 N–H and O–H groups in total. The summed E-state index contributed by atoms with van der Waals surface area (Å²) < 4.78 is 43.4. The Bertz CT molecular complexity index is 1710. The van der Waals surface area contributed by atoms with Crippen LogP contribution in [0, 0.1) is 11.6 Å². The van der Waals surface area contributed by atoms with Crippen LogP contribution in [0.25, 0.3) is 39.0 Å². The van der Waals surface area contributed by atoms with E-state index in [4.69, 9.17) is 9.47 Å². The molecule has 6 rings (SSSR count). The average molecular weight is 558 g/mol.